The largest absolute Gasteiger partial charge is 0.390 e. The summed E-state index contributed by atoms with van der Waals surface area (Å²) in [4.78, 5) is 21.2. The molecule has 0 bridgehead atoms. The van der Waals surface area contributed by atoms with Crippen molar-refractivity contribution < 1.29 is 28.5 Å². The van der Waals surface area contributed by atoms with Crippen LogP contribution in [-0.2, 0) is 4.74 Å². The van der Waals surface area contributed by atoms with Gasteiger partial charge in [0.15, 0.2) is 0 Å². The summed E-state index contributed by atoms with van der Waals surface area (Å²) in [6.07, 6.45) is 2.13. The second kappa shape index (κ2) is 9.17. The smallest absolute Gasteiger partial charge is 0.274 e. The zero-order valence-electron chi connectivity index (χ0n) is 18.1. The number of halogens is 2. The van der Waals surface area contributed by atoms with E-state index in [1.807, 2.05) is 0 Å². The number of nitrogens with one attached hydrogen (secondary N) is 1. The first kappa shape index (κ1) is 22.5. The second-order valence-corrected chi connectivity index (χ2v) is 8.64. The standard InChI is InChI=1S/C25H23F2N3O4/c26-15-3-1-4-16(27)22(15)17-5-2-6-18(29-17)25(33)30-19-12-28-10-9-14(19)21-11-20(31)23(32)24(34-21)13-7-8-13/h1-6,9-10,12-13,20-21,23-24,31-32H,7-8,11H2,(H,30,33)/t20-,21-,23+,24-/m0/s1. The van der Waals surface area contributed by atoms with E-state index in [1.165, 1.54) is 30.5 Å². The minimum atomic E-state index is -0.950. The molecule has 0 unspecified atom stereocenters. The van der Waals surface area contributed by atoms with Crippen LogP contribution in [0.25, 0.3) is 11.3 Å². The molecule has 1 aliphatic carbocycles. The highest BCUT2D eigenvalue weighted by Gasteiger charge is 2.45. The first-order valence-corrected chi connectivity index (χ1v) is 11.1. The maximum atomic E-state index is 14.2. The van der Waals surface area contributed by atoms with Crippen molar-refractivity contribution in [2.45, 2.75) is 43.7 Å². The molecule has 9 heteroatoms. The molecule has 3 N–H and O–H groups in total. The number of benzene rings is 1. The number of carbonyl (C=O) groups is 1. The van der Waals surface area contributed by atoms with Gasteiger partial charge in [-0.2, -0.15) is 0 Å². The van der Waals surface area contributed by atoms with Crippen molar-refractivity contribution in [1.29, 1.82) is 0 Å². The fraction of sp³-hybridized carbons (Fsp3) is 0.320. The number of carbonyl (C=O) groups excluding carboxylic acids is 1. The molecule has 3 heterocycles. The molecule has 2 aliphatic rings. The number of ether oxygens (including phenoxy) is 1. The third-order valence-electron chi connectivity index (χ3n) is 6.24. The molecule has 34 heavy (non-hydrogen) atoms. The lowest BCUT2D eigenvalue weighted by Crippen LogP contribution is -2.46. The zero-order valence-corrected chi connectivity index (χ0v) is 18.1. The lowest BCUT2D eigenvalue weighted by atomic mass is 9.91. The monoisotopic (exact) mass is 467 g/mol. The molecular formula is C25H23F2N3O4. The SMILES string of the molecule is O=C(Nc1cnccc1[C@@H]1C[C@H](O)[C@@H](O)[C@H](C2CC2)O1)c1cccc(-c2c(F)cccc2F)n1. The van der Waals surface area contributed by atoms with Crippen LogP contribution < -0.4 is 5.32 Å². The fourth-order valence-electron chi connectivity index (χ4n) is 4.34. The van der Waals surface area contributed by atoms with E-state index in [0.717, 1.165) is 25.0 Å². The molecule has 176 valence electrons. The lowest BCUT2D eigenvalue weighted by molar-refractivity contribution is -0.177. The lowest BCUT2D eigenvalue weighted by Gasteiger charge is -2.38. The first-order chi connectivity index (χ1) is 16.4. The topological polar surface area (TPSA) is 105 Å². The summed E-state index contributed by atoms with van der Waals surface area (Å²) < 4.78 is 34.5. The van der Waals surface area contributed by atoms with E-state index in [9.17, 15) is 23.8 Å². The Morgan fingerprint density at radius 2 is 1.79 bits per heavy atom. The molecular weight excluding hydrogens is 444 g/mol. The summed E-state index contributed by atoms with van der Waals surface area (Å²) in [6, 6.07) is 9.55. The molecule has 2 aromatic heterocycles. The van der Waals surface area contributed by atoms with E-state index in [0.29, 0.717) is 11.3 Å². The van der Waals surface area contributed by atoms with Crippen LogP contribution in [0.1, 0.15) is 41.4 Å². The summed E-state index contributed by atoms with van der Waals surface area (Å²) in [5.41, 5.74) is 0.616. The summed E-state index contributed by atoms with van der Waals surface area (Å²) in [7, 11) is 0. The Balaban J connectivity index is 1.39. The molecule has 1 saturated heterocycles. The Hall–Kier alpha value is -3.27. The Bertz CT molecular complexity index is 1200. The average molecular weight is 467 g/mol. The molecule has 4 atom stereocenters. The number of aliphatic hydroxyl groups is 2. The summed E-state index contributed by atoms with van der Waals surface area (Å²) in [6.45, 7) is 0. The van der Waals surface area contributed by atoms with Gasteiger partial charge in [-0.15, -0.1) is 0 Å². The minimum Gasteiger partial charge on any atom is -0.390 e. The van der Waals surface area contributed by atoms with Crippen LogP contribution in [0.15, 0.2) is 54.9 Å². The van der Waals surface area contributed by atoms with E-state index < -0.39 is 42.0 Å². The number of rotatable bonds is 5. The number of anilines is 1. The Morgan fingerprint density at radius 3 is 2.53 bits per heavy atom. The number of aromatic nitrogens is 2. The molecule has 0 radical (unpaired) electrons. The molecule has 1 amide bonds. The third kappa shape index (κ3) is 4.42. The van der Waals surface area contributed by atoms with Crippen LogP contribution in [0.3, 0.4) is 0 Å². The van der Waals surface area contributed by atoms with E-state index in [2.05, 4.69) is 15.3 Å². The summed E-state index contributed by atoms with van der Waals surface area (Å²) in [5, 5.41) is 23.4. The predicted molar refractivity (Wildman–Crippen MR) is 119 cm³/mol. The van der Waals surface area contributed by atoms with Gasteiger partial charge in [0.1, 0.15) is 23.4 Å². The number of hydrogen-bond acceptors (Lipinski definition) is 6. The van der Waals surface area contributed by atoms with Gasteiger partial charge >= 0.3 is 0 Å². The maximum absolute atomic E-state index is 14.2. The number of pyridine rings is 2. The zero-order chi connectivity index (χ0) is 23.8. The Morgan fingerprint density at radius 1 is 1.06 bits per heavy atom. The van der Waals surface area contributed by atoms with E-state index in [1.54, 1.807) is 12.3 Å². The third-order valence-corrected chi connectivity index (χ3v) is 6.24. The van der Waals surface area contributed by atoms with Gasteiger partial charge in [-0.05, 0) is 49.1 Å². The van der Waals surface area contributed by atoms with Crippen molar-refractivity contribution in [1.82, 2.24) is 9.97 Å². The first-order valence-electron chi connectivity index (χ1n) is 11.1. The van der Waals surface area contributed by atoms with Gasteiger partial charge in [-0.25, -0.2) is 13.8 Å². The van der Waals surface area contributed by atoms with Crippen molar-refractivity contribution in [3.63, 3.8) is 0 Å². The van der Waals surface area contributed by atoms with Crippen molar-refractivity contribution in [3.8, 4) is 11.3 Å². The molecule has 3 aromatic rings. The van der Waals surface area contributed by atoms with Gasteiger partial charge in [-0.1, -0.05) is 12.1 Å². The fourth-order valence-corrected chi connectivity index (χ4v) is 4.34. The van der Waals surface area contributed by atoms with Gasteiger partial charge < -0.3 is 20.3 Å². The van der Waals surface area contributed by atoms with Gasteiger partial charge in [0.2, 0.25) is 0 Å². The number of hydrogen-bond donors (Lipinski definition) is 3. The second-order valence-electron chi connectivity index (χ2n) is 8.64. The van der Waals surface area contributed by atoms with Crippen LogP contribution in [0.5, 0.6) is 0 Å². The minimum absolute atomic E-state index is 0.00495. The van der Waals surface area contributed by atoms with Gasteiger partial charge in [0.25, 0.3) is 5.91 Å². The highest BCUT2D eigenvalue weighted by Crippen LogP contribution is 2.44. The molecule has 1 saturated carbocycles. The molecule has 5 rings (SSSR count). The number of nitrogens with zero attached hydrogens (tertiary/aromatic N) is 2. The average Bonchev–Trinajstić information content (AvgIpc) is 3.67. The van der Waals surface area contributed by atoms with Crippen LogP contribution in [-0.4, -0.2) is 44.4 Å². The maximum Gasteiger partial charge on any atom is 0.274 e. The predicted octanol–water partition coefficient (Wildman–Crippen LogP) is 3.64. The van der Waals surface area contributed by atoms with E-state index in [4.69, 9.17) is 4.74 Å². The van der Waals surface area contributed by atoms with Gasteiger partial charge in [0, 0.05) is 18.2 Å². The number of amides is 1. The highest BCUT2D eigenvalue weighted by molar-refractivity contribution is 6.03. The molecule has 0 spiro atoms. The molecule has 2 fully saturated rings. The van der Waals surface area contributed by atoms with Gasteiger partial charge in [-0.3, -0.25) is 9.78 Å². The molecule has 7 nitrogen and oxygen atoms in total. The van der Waals surface area contributed by atoms with Crippen LogP contribution in [0, 0.1) is 17.6 Å². The van der Waals surface area contributed by atoms with Crippen molar-refractivity contribution in [2.24, 2.45) is 5.92 Å². The van der Waals surface area contributed by atoms with Crippen LogP contribution >= 0.6 is 0 Å². The van der Waals surface area contributed by atoms with E-state index >= 15 is 0 Å². The molecule has 1 aromatic carbocycles. The van der Waals surface area contributed by atoms with Crippen molar-refractivity contribution >= 4 is 11.6 Å². The Kier molecular flexibility index (Phi) is 6.07. The highest BCUT2D eigenvalue weighted by atomic mass is 19.1. The van der Waals surface area contributed by atoms with Crippen molar-refractivity contribution in [2.75, 3.05) is 5.32 Å². The van der Waals surface area contributed by atoms with E-state index in [-0.39, 0.29) is 29.3 Å². The summed E-state index contributed by atoms with van der Waals surface area (Å²) in [5.74, 6) is -1.94. The summed E-state index contributed by atoms with van der Waals surface area (Å²) >= 11 is 0. The molecule has 1 aliphatic heterocycles. The van der Waals surface area contributed by atoms with Crippen LogP contribution in [0.4, 0.5) is 14.5 Å². The van der Waals surface area contributed by atoms with Crippen LogP contribution in [0.2, 0.25) is 0 Å². The van der Waals surface area contributed by atoms with Crippen molar-refractivity contribution in [3.05, 3.63) is 77.8 Å². The van der Waals surface area contributed by atoms with Gasteiger partial charge in [0.05, 0.1) is 41.5 Å². The number of aliphatic hydroxyl groups excluding tert-OH is 2. The quantitative estimate of drug-likeness (QED) is 0.529. The normalized spacial score (nSPS) is 24.6. The Labute approximate surface area is 194 Å².